The molecule has 0 spiro atoms. The maximum Gasteiger partial charge on any atom is 0.267 e. The summed E-state index contributed by atoms with van der Waals surface area (Å²) in [6, 6.07) is 17.0. The molecule has 2 aromatic carbocycles. The summed E-state index contributed by atoms with van der Waals surface area (Å²) >= 11 is 7.45. The summed E-state index contributed by atoms with van der Waals surface area (Å²) in [5.74, 6) is -0.190. The third-order valence-corrected chi connectivity index (χ3v) is 4.68. The van der Waals surface area contributed by atoms with E-state index in [1.807, 2.05) is 49.4 Å². The first-order chi connectivity index (χ1) is 10.6. The van der Waals surface area contributed by atoms with Crippen molar-refractivity contribution in [3.8, 4) is 10.6 Å². The zero-order chi connectivity index (χ0) is 15.5. The van der Waals surface area contributed by atoms with Crippen molar-refractivity contribution in [1.29, 1.82) is 0 Å². The summed E-state index contributed by atoms with van der Waals surface area (Å²) in [5.41, 5.74) is 2.32. The first kappa shape index (κ1) is 14.8. The van der Waals surface area contributed by atoms with E-state index < -0.39 is 0 Å². The van der Waals surface area contributed by atoms with Crippen LogP contribution in [-0.4, -0.2) is 10.9 Å². The minimum absolute atomic E-state index is 0.190. The van der Waals surface area contributed by atoms with E-state index in [1.165, 1.54) is 11.3 Å². The van der Waals surface area contributed by atoms with Crippen molar-refractivity contribution in [2.75, 3.05) is 5.32 Å². The van der Waals surface area contributed by atoms with Gasteiger partial charge in [-0.25, -0.2) is 4.98 Å². The van der Waals surface area contributed by atoms with E-state index >= 15 is 0 Å². The number of carbonyl (C=O) groups excluding carboxylic acids is 1. The second-order valence-corrected chi connectivity index (χ2v) is 6.14. The van der Waals surface area contributed by atoms with Crippen LogP contribution in [0.3, 0.4) is 0 Å². The van der Waals surface area contributed by atoms with E-state index in [0.29, 0.717) is 21.3 Å². The van der Waals surface area contributed by atoms with Crippen molar-refractivity contribution < 1.29 is 4.79 Å². The highest BCUT2D eigenvalue weighted by atomic mass is 35.5. The number of nitrogens with zero attached hydrogens (tertiary/aromatic N) is 1. The Morgan fingerprint density at radius 2 is 1.77 bits per heavy atom. The molecule has 3 nitrogen and oxygen atoms in total. The van der Waals surface area contributed by atoms with E-state index in [9.17, 15) is 4.79 Å². The molecule has 1 amide bonds. The molecule has 5 heteroatoms. The van der Waals surface area contributed by atoms with E-state index in [2.05, 4.69) is 10.3 Å². The molecule has 0 aliphatic heterocycles. The zero-order valence-corrected chi connectivity index (χ0v) is 13.4. The molecule has 0 saturated heterocycles. The van der Waals surface area contributed by atoms with Gasteiger partial charge in [-0.1, -0.05) is 54.1 Å². The maximum atomic E-state index is 12.4. The SMILES string of the molecule is Cc1nc(-c2ccccc2)sc1C(=O)Nc1ccccc1Cl. The number of hydrogen-bond donors (Lipinski definition) is 1. The Morgan fingerprint density at radius 1 is 1.09 bits per heavy atom. The quantitative estimate of drug-likeness (QED) is 0.733. The molecular formula is C17H13ClN2OS. The zero-order valence-electron chi connectivity index (χ0n) is 11.8. The lowest BCUT2D eigenvalue weighted by atomic mass is 10.2. The van der Waals surface area contributed by atoms with Crippen LogP contribution in [0.1, 0.15) is 15.4 Å². The topological polar surface area (TPSA) is 42.0 Å². The molecule has 1 heterocycles. The van der Waals surface area contributed by atoms with Crippen molar-refractivity contribution in [1.82, 2.24) is 4.98 Å². The largest absolute Gasteiger partial charge is 0.320 e. The molecule has 0 fully saturated rings. The molecule has 0 aliphatic carbocycles. The number of aryl methyl sites for hydroxylation is 1. The van der Waals surface area contributed by atoms with Crippen LogP contribution in [0.25, 0.3) is 10.6 Å². The third kappa shape index (κ3) is 3.03. The minimum atomic E-state index is -0.190. The Labute approximate surface area is 137 Å². The van der Waals surface area contributed by atoms with Crippen LogP contribution in [0, 0.1) is 6.92 Å². The molecule has 1 aromatic heterocycles. The number of nitrogens with one attached hydrogen (secondary N) is 1. The second kappa shape index (κ2) is 6.30. The van der Waals surface area contributed by atoms with Crippen LogP contribution in [0.4, 0.5) is 5.69 Å². The van der Waals surface area contributed by atoms with Gasteiger partial charge in [0.15, 0.2) is 0 Å². The second-order valence-electron chi connectivity index (χ2n) is 4.73. The molecule has 110 valence electrons. The number of thiazole rings is 1. The molecule has 1 N–H and O–H groups in total. The standard InChI is InChI=1S/C17H13ClN2OS/c1-11-15(16(21)20-14-10-6-5-9-13(14)18)22-17(19-11)12-7-3-2-4-8-12/h2-10H,1H3,(H,20,21). The average Bonchev–Trinajstić information content (AvgIpc) is 2.92. The van der Waals surface area contributed by atoms with Crippen LogP contribution in [-0.2, 0) is 0 Å². The van der Waals surface area contributed by atoms with E-state index in [1.54, 1.807) is 12.1 Å². The fraction of sp³-hybridized carbons (Fsp3) is 0.0588. The smallest absolute Gasteiger partial charge is 0.267 e. The molecule has 22 heavy (non-hydrogen) atoms. The lowest BCUT2D eigenvalue weighted by Gasteiger charge is -2.05. The van der Waals surface area contributed by atoms with Gasteiger partial charge in [-0.15, -0.1) is 11.3 Å². The third-order valence-electron chi connectivity index (χ3n) is 3.15. The van der Waals surface area contributed by atoms with Crippen molar-refractivity contribution in [3.05, 3.63) is 70.2 Å². The van der Waals surface area contributed by atoms with Crippen LogP contribution >= 0.6 is 22.9 Å². The molecule has 0 saturated carbocycles. The van der Waals surface area contributed by atoms with Crippen LogP contribution < -0.4 is 5.32 Å². The molecule has 0 unspecified atom stereocenters. The van der Waals surface area contributed by atoms with Gasteiger partial charge in [-0.05, 0) is 19.1 Å². The monoisotopic (exact) mass is 328 g/mol. The van der Waals surface area contributed by atoms with Crippen LogP contribution in [0.15, 0.2) is 54.6 Å². The first-order valence-electron chi connectivity index (χ1n) is 6.74. The van der Waals surface area contributed by atoms with Gasteiger partial charge in [-0.2, -0.15) is 0 Å². The summed E-state index contributed by atoms with van der Waals surface area (Å²) in [7, 11) is 0. The average molecular weight is 329 g/mol. The van der Waals surface area contributed by atoms with E-state index in [-0.39, 0.29) is 5.91 Å². The number of para-hydroxylation sites is 1. The number of carbonyl (C=O) groups is 1. The van der Waals surface area contributed by atoms with Crippen LogP contribution in [0.5, 0.6) is 0 Å². The molecule has 3 aromatic rings. The van der Waals surface area contributed by atoms with Crippen molar-refractivity contribution in [3.63, 3.8) is 0 Å². The Kier molecular flexibility index (Phi) is 4.22. The summed E-state index contributed by atoms with van der Waals surface area (Å²) in [6.07, 6.45) is 0. The normalized spacial score (nSPS) is 10.5. The van der Waals surface area contributed by atoms with Gasteiger partial charge < -0.3 is 5.32 Å². The summed E-state index contributed by atoms with van der Waals surface area (Å²) < 4.78 is 0. The Balaban J connectivity index is 1.88. The first-order valence-corrected chi connectivity index (χ1v) is 7.93. The Bertz CT molecular complexity index is 815. The van der Waals surface area contributed by atoms with Gasteiger partial charge in [0.2, 0.25) is 0 Å². The Hall–Kier alpha value is -2.17. The van der Waals surface area contributed by atoms with Crippen LogP contribution in [0.2, 0.25) is 5.02 Å². The number of rotatable bonds is 3. The molecule has 3 rings (SSSR count). The predicted molar refractivity (Wildman–Crippen MR) is 91.7 cm³/mol. The molecule has 0 aliphatic rings. The fourth-order valence-corrected chi connectivity index (χ4v) is 3.20. The van der Waals surface area contributed by atoms with Gasteiger partial charge in [0, 0.05) is 5.56 Å². The van der Waals surface area contributed by atoms with Gasteiger partial charge >= 0.3 is 0 Å². The lowest BCUT2D eigenvalue weighted by molar-refractivity contribution is 0.103. The lowest BCUT2D eigenvalue weighted by Crippen LogP contribution is -2.11. The van der Waals surface area contributed by atoms with Gasteiger partial charge in [0.1, 0.15) is 9.88 Å². The maximum absolute atomic E-state index is 12.4. The van der Waals surface area contributed by atoms with E-state index in [0.717, 1.165) is 10.6 Å². The summed E-state index contributed by atoms with van der Waals surface area (Å²) in [5, 5.41) is 4.18. The summed E-state index contributed by atoms with van der Waals surface area (Å²) in [6.45, 7) is 1.84. The number of amides is 1. The van der Waals surface area contributed by atoms with Crippen molar-refractivity contribution in [2.45, 2.75) is 6.92 Å². The van der Waals surface area contributed by atoms with E-state index in [4.69, 9.17) is 11.6 Å². The molecule has 0 atom stereocenters. The highest BCUT2D eigenvalue weighted by Gasteiger charge is 2.17. The highest BCUT2D eigenvalue weighted by Crippen LogP contribution is 2.29. The van der Waals surface area contributed by atoms with Gasteiger partial charge in [0.05, 0.1) is 16.4 Å². The number of aromatic nitrogens is 1. The van der Waals surface area contributed by atoms with Crippen molar-refractivity contribution in [2.24, 2.45) is 0 Å². The fourth-order valence-electron chi connectivity index (χ4n) is 2.05. The Morgan fingerprint density at radius 3 is 2.50 bits per heavy atom. The van der Waals surface area contributed by atoms with Gasteiger partial charge in [-0.3, -0.25) is 4.79 Å². The molecule has 0 radical (unpaired) electrons. The number of hydrogen-bond acceptors (Lipinski definition) is 3. The molecule has 0 bridgehead atoms. The highest BCUT2D eigenvalue weighted by molar-refractivity contribution is 7.17. The predicted octanol–water partition coefficient (Wildman–Crippen LogP) is 5.02. The minimum Gasteiger partial charge on any atom is -0.320 e. The summed E-state index contributed by atoms with van der Waals surface area (Å²) in [4.78, 5) is 17.5. The molecular weight excluding hydrogens is 316 g/mol. The van der Waals surface area contributed by atoms with Crippen molar-refractivity contribution >= 4 is 34.5 Å². The van der Waals surface area contributed by atoms with Gasteiger partial charge in [0.25, 0.3) is 5.91 Å². The number of benzene rings is 2. The number of halogens is 1. The number of anilines is 1.